The molecule has 0 aliphatic carbocycles. The average molecular weight is 763 g/mol. The first-order valence-corrected chi connectivity index (χ1v) is 15.1. The van der Waals surface area contributed by atoms with E-state index in [9.17, 15) is 35.9 Å². The molecular weight excluding hydrogens is 740 g/mol. The van der Waals surface area contributed by atoms with E-state index in [-0.39, 0.29) is 40.4 Å². The highest BCUT2D eigenvalue weighted by Gasteiger charge is 2.32. The molecule has 4 rings (SSSR count). The second-order valence-electron chi connectivity index (χ2n) is 9.12. The summed E-state index contributed by atoms with van der Waals surface area (Å²) >= 11 is 27.7. The van der Waals surface area contributed by atoms with E-state index in [1.54, 1.807) is 48.5 Å². The Balaban J connectivity index is 0.000000270. The fourth-order valence-electron chi connectivity index (χ4n) is 3.26. The van der Waals surface area contributed by atoms with Gasteiger partial charge in [-0.2, -0.15) is 26.3 Å². The maximum Gasteiger partial charge on any atom is 0.417 e. The maximum atomic E-state index is 12.5. The third-order valence-corrected chi connectivity index (χ3v) is 7.29. The molecule has 2 aromatic carbocycles. The lowest BCUT2D eigenvalue weighted by molar-refractivity contribution is -0.138. The molecule has 0 aliphatic rings. The normalized spacial score (nSPS) is 11.1. The van der Waals surface area contributed by atoms with Gasteiger partial charge in [0.2, 0.25) is 0 Å². The number of hydrogen-bond acceptors (Lipinski definition) is 5. The van der Waals surface area contributed by atoms with Gasteiger partial charge in [-0.25, -0.2) is 0 Å². The van der Waals surface area contributed by atoms with Crippen LogP contribution in [0.15, 0.2) is 73.1 Å². The van der Waals surface area contributed by atoms with Crippen LogP contribution in [0, 0.1) is 0 Å². The lowest BCUT2D eigenvalue weighted by atomic mass is 10.1. The standard InChI is InChI=1S/C15H11Cl2F3N2O.C8H6Cl2O.C7H6ClF3N2/c16-6-9-1-3-10(4-2-9)14(23)22-8-13-12(17)5-11(7-21-13)15(18,19)20;9-5-6-1-3-7(4-2-6)8(10)11;8-5-1-4(7(9,10)11)3-13-6(5)2-12/h1-5,7H,6,8H2,(H,22,23);1-4H,5H2;1,3H,2,12H2. The van der Waals surface area contributed by atoms with Gasteiger partial charge in [-0.05, 0) is 59.1 Å². The average Bonchev–Trinajstić information content (AvgIpc) is 3.03. The molecule has 2 heterocycles. The molecule has 3 N–H and O–H groups in total. The predicted octanol–water partition coefficient (Wildman–Crippen LogP) is 9.44. The van der Waals surface area contributed by atoms with Crippen LogP contribution in [-0.4, -0.2) is 21.1 Å². The molecule has 17 heteroatoms. The zero-order valence-corrected chi connectivity index (χ0v) is 27.5. The van der Waals surface area contributed by atoms with Crippen molar-refractivity contribution < 1.29 is 35.9 Å². The Labute approximate surface area is 290 Å². The number of aromatic nitrogens is 2. The van der Waals surface area contributed by atoms with E-state index in [2.05, 4.69) is 15.3 Å². The lowest BCUT2D eigenvalue weighted by Crippen LogP contribution is -2.23. The van der Waals surface area contributed by atoms with Crippen molar-refractivity contribution in [2.75, 3.05) is 0 Å². The van der Waals surface area contributed by atoms with Crippen LogP contribution in [0.2, 0.25) is 10.0 Å². The molecular formula is C30H23Cl5F6N4O2. The van der Waals surface area contributed by atoms with E-state index in [0.717, 1.165) is 23.3 Å². The summed E-state index contributed by atoms with van der Waals surface area (Å²) in [5, 5.41) is 1.90. The summed E-state index contributed by atoms with van der Waals surface area (Å²) in [4.78, 5) is 29.7. The van der Waals surface area contributed by atoms with Crippen molar-refractivity contribution in [3.8, 4) is 0 Å². The molecule has 1 amide bonds. The second kappa shape index (κ2) is 18.4. The molecule has 0 fully saturated rings. The summed E-state index contributed by atoms with van der Waals surface area (Å²) in [6.07, 6.45) is -7.52. The lowest BCUT2D eigenvalue weighted by Gasteiger charge is -2.10. The van der Waals surface area contributed by atoms with Gasteiger partial charge in [0.1, 0.15) is 0 Å². The van der Waals surface area contributed by atoms with Crippen molar-refractivity contribution >= 4 is 69.2 Å². The number of nitrogens with two attached hydrogens (primary N) is 1. The molecule has 0 bridgehead atoms. The Morgan fingerprint density at radius 3 is 1.45 bits per heavy atom. The van der Waals surface area contributed by atoms with E-state index in [1.807, 2.05) is 0 Å². The summed E-state index contributed by atoms with van der Waals surface area (Å²) in [5.41, 5.74) is 6.55. The predicted molar refractivity (Wildman–Crippen MR) is 170 cm³/mol. The van der Waals surface area contributed by atoms with Gasteiger partial charge >= 0.3 is 12.4 Å². The number of amides is 1. The van der Waals surface area contributed by atoms with Crippen LogP contribution in [0.1, 0.15) is 54.4 Å². The summed E-state index contributed by atoms with van der Waals surface area (Å²) in [5.74, 6) is 0.410. The number of benzene rings is 2. The minimum absolute atomic E-state index is 0.0248. The Kier molecular flexibility index (Phi) is 15.7. The van der Waals surface area contributed by atoms with Gasteiger partial charge in [0.25, 0.3) is 11.1 Å². The number of halogens is 11. The van der Waals surface area contributed by atoms with E-state index < -0.39 is 28.7 Å². The third kappa shape index (κ3) is 13.1. The summed E-state index contributed by atoms with van der Waals surface area (Å²) in [6, 6.07) is 15.1. The van der Waals surface area contributed by atoms with Gasteiger partial charge in [-0.15, -0.1) is 23.2 Å². The van der Waals surface area contributed by atoms with Crippen LogP contribution in [0.5, 0.6) is 0 Å². The van der Waals surface area contributed by atoms with Crippen LogP contribution in [0.4, 0.5) is 26.3 Å². The molecule has 2 aromatic heterocycles. The maximum absolute atomic E-state index is 12.5. The van der Waals surface area contributed by atoms with Crippen LogP contribution < -0.4 is 11.1 Å². The Morgan fingerprint density at radius 1 is 0.702 bits per heavy atom. The quantitative estimate of drug-likeness (QED) is 0.111. The number of carbonyl (C=O) groups excluding carboxylic acids is 2. The number of pyridine rings is 2. The Hall–Kier alpha value is -3.13. The highest BCUT2D eigenvalue weighted by atomic mass is 35.5. The van der Waals surface area contributed by atoms with Crippen LogP contribution in [0.3, 0.4) is 0 Å². The first kappa shape index (κ1) is 40.0. The Bertz CT molecular complexity index is 1640. The fraction of sp³-hybridized carbons (Fsp3) is 0.200. The zero-order chi connectivity index (χ0) is 35.4. The number of rotatable bonds is 7. The van der Waals surface area contributed by atoms with Crippen LogP contribution in [-0.2, 0) is 37.2 Å². The minimum atomic E-state index is -4.51. The zero-order valence-electron chi connectivity index (χ0n) is 23.7. The molecule has 4 aromatic rings. The van der Waals surface area contributed by atoms with Crippen molar-refractivity contribution in [2.24, 2.45) is 5.73 Å². The van der Waals surface area contributed by atoms with Gasteiger partial charge < -0.3 is 11.1 Å². The second-order valence-corrected chi connectivity index (χ2v) is 10.8. The smallest absolute Gasteiger partial charge is 0.346 e. The molecule has 0 atom stereocenters. The molecule has 0 radical (unpaired) electrons. The van der Waals surface area contributed by atoms with Crippen molar-refractivity contribution in [3.05, 3.63) is 128 Å². The highest BCUT2D eigenvalue weighted by Crippen LogP contribution is 2.32. The summed E-state index contributed by atoms with van der Waals surface area (Å²) in [7, 11) is 0. The minimum Gasteiger partial charge on any atom is -0.346 e. The molecule has 0 spiro atoms. The van der Waals surface area contributed by atoms with E-state index in [1.165, 1.54) is 0 Å². The van der Waals surface area contributed by atoms with Crippen molar-refractivity contribution in [2.45, 2.75) is 37.2 Å². The molecule has 47 heavy (non-hydrogen) atoms. The number of nitrogens with zero attached hydrogens (tertiary/aromatic N) is 2. The van der Waals surface area contributed by atoms with Crippen LogP contribution >= 0.6 is 58.0 Å². The van der Waals surface area contributed by atoms with Crippen LogP contribution in [0.25, 0.3) is 0 Å². The molecule has 0 saturated carbocycles. The number of hydrogen-bond donors (Lipinski definition) is 2. The van der Waals surface area contributed by atoms with E-state index >= 15 is 0 Å². The summed E-state index contributed by atoms with van der Waals surface area (Å²) < 4.78 is 73.8. The molecule has 252 valence electrons. The molecule has 0 unspecified atom stereocenters. The van der Waals surface area contributed by atoms with Gasteiger partial charge in [0.05, 0.1) is 39.1 Å². The van der Waals surface area contributed by atoms with E-state index in [4.69, 9.17) is 63.7 Å². The van der Waals surface area contributed by atoms with E-state index in [0.29, 0.717) is 35.3 Å². The summed E-state index contributed by atoms with van der Waals surface area (Å²) in [6.45, 7) is -0.0516. The fourth-order valence-corrected chi connectivity index (χ4v) is 4.22. The van der Waals surface area contributed by atoms with Crippen molar-refractivity contribution in [1.29, 1.82) is 0 Å². The monoisotopic (exact) mass is 760 g/mol. The third-order valence-electron chi connectivity index (χ3n) is 5.80. The molecule has 0 aliphatic heterocycles. The van der Waals surface area contributed by atoms with Crippen molar-refractivity contribution in [3.63, 3.8) is 0 Å². The molecule has 0 saturated heterocycles. The SMILES string of the molecule is NCc1ncc(C(F)(F)F)cc1Cl.O=C(Cl)c1ccc(CCl)cc1.O=C(NCc1ncc(C(F)(F)F)cc1Cl)c1ccc(CCl)cc1. The van der Waals surface area contributed by atoms with Gasteiger partial charge in [-0.3, -0.25) is 19.6 Å². The van der Waals surface area contributed by atoms with Gasteiger partial charge in [0, 0.05) is 41.8 Å². The number of carbonyl (C=O) groups is 2. The van der Waals surface area contributed by atoms with Crippen molar-refractivity contribution in [1.82, 2.24) is 15.3 Å². The first-order valence-electron chi connectivity index (χ1n) is 12.9. The number of alkyl halides is 8. The topological polar surface area (TPSA) is 98.0 Å². The highest BCUT2D eigenvalue weighted by molar-refractivity contribution is 6.67. The Morgan fingerprint density at radius 2 is 1.11 bits per heavy atom. The largest absolute Gasteiger partial charge is 0.417 e. The van der Waals surface area contributed by atoms with Gasteiger partial charge in [0.15, 0.2) is 0 Å². The molecule has 6 nitrogen and oxygen atoms in total. The first-order chi connectivity index (χ1) is 22.0. The number of nitrogens with one attached hydrogen (secondary N) is 1. The van der Waals surface area contributed by atoms with Gasteiger partial charge in [-0.1, -0.05) is 47.5 Å².